The molecule has 0 radical (unpaired) electrons. The summed E-state index contributed by atoms with van der Waals surface area (Å²) in [6, 6.07) is 4.77. The minimum absolute atomic E-state index is 0.0239. The topological polar surface area (TPSA) is 210 Å². The number of benzene rings is 1. The van der Waals surface area contributed by atoms with E-state index in [9.17, 15) is 39.5 Å². The quantitative estimate of drug-likeness (QED) is 0.101. The molecule has 17 heteroatoms. The molecule has 3 saturated heterocycles. The zero-order chi connectivity index (χ0) is 33.4. The van der Waals surface area contributed by atoms with E-state index in [-0.39, 0.29) is 53.0 Å². The van der Waals surface area contributed by atoms with Crippen molar-refractivity contribution in [2.45, 2.75) is 50.3 Å². The van der Waals surface area contributed by atoms with Crippen molar-refractivity contribution in [3.8, 4) is 0 Å². The first-order valence-electron chi connectivity index (χ1n) is 14.9. The molecule has 46 heavy (non-hydrogen) atoms. The number of nitro benzene ring substituents is 1. The number of β-lactam (4-membered cyclic amide) rings is 1. The summed E-state index contributed by atoms with van der Waals surface area (Å²) in [4.78, 5) is 68.0. The Morgan fingerprint density at radius 2 is 1.80 bits per heavy atom. The lowest BCUT2D eigenvalue weighted by Gasteiger charge is -2.46. The number of hydrogen-bond acceptors (Lipinski definition) is 11. The number of ether oxygens (including phenoxy) is 1. The van der Waals surface area contributed by atoms with Gasteiger partial charge < -0.3 is 29.6 Å². The van der Waals surface area contributed by atoms with Gasteiger partial charge in [-0.15, -0.1) is 11.8 Å². The standard InChI is InChI=1S/C29H37N7O9S/c1-15-22-21(16(2)37)26(39)35(22)23(27(40)41)24(15)46-19-12-20(32(3)13-19)25(38)33-8-10-34(11-9-33)28(30)31-29(42)45-14-17-4-6-18(7-5-17)36(43)44/h4-7,15-16,19-22,37H,8-14H2,1-3H3,(H,40,41)(H2,30,31,42)/t15-,16-,19+,20+,21-,22-/m1/s1. The number of thioether (sulfide) groups is 1. The number of piperazine rings is 1. The number of aliphatic carboxylic acids is 1. The summed E-state index contributed by atoms with van der Waals surface area (Å²) in [7, 11) is 1.85. The first-order valence-corrected chi connectivity index (χ1v) is 15.8. The number of alkyl carbamates (subject to hydrolysis) is 1. The fourth-order valence-electron chi connectivity index (χ4n) is 6.62. The normalized spacial score (nSPS) is 26.8. The number of guanidine groups is 1. The van der Waals surface area contributed by atoms with Crippen LogP contribution in [0.1, 0.15) is 25.8 Å². The van der Waals surface area contributed by atoms with Gasteiger partial charge in [0.2, 0.25) is 17.8 Å². The Bertz CT molecular complexity index is 1460. The number of amides is 3. The van der Waals surface area contributed by atoms with Gasteiger partial charge in [0.05, 0.1) is 29.0 Å². The van der Waals surface area contributed by atoms with Crippen LogP contribution in [0.5, 0.6) is 0 Å². The predicted octanol–water partition coefficient (Wildman–Crippen LogP) is 0.860. The van der Waals surface area contributed by atoms with E-state index in [4.69, 9.17) is 10.1 Å². The maximum atomic E-state index is 13.5. The monoisotopic (exact) mass is 659 g/mol. The SMILES string of the molecule is C[C@@H](O)[C@H]1C(=O)N2C(C(=O)O)=C(S[C@H]3C[C@@H](C(=O)N4CCN(C(=N)NC(=O)OCc5ccc([N+](=O)[O-])cc5)CC4)N(C)C3)[C@H](C)[C@H]12. The Labute approximate surface area is 269 Å². The number of likely N-dealkylation sites (tertiary alicyclic amines) is 1. The first kappa shape index (κ1) is 33.2. The number of rotatable bonds is 8. The summed E-state index contributed by atoms with van der Waals surface area (Å²) in [5.74, 6) is -2.66. The van der Waals surface area contributed by atoms with Crippen molar-refractivity contribution in [1.82, 2.24) is 24.9 Å². The fraction of sp³-hybridized carbons (Fsp3) is 0.552. The average Bonchev–Trinajstić information content (AvgIpc) is 3.50. The van der Waals surface area contributed by atoms with Crippen LogP contribution in [0, 0.1) is 27.4 Å². The second-order valence-electron chi connectivity index (χ2n) is 12.0. The molecule has 5 rings (SSSR count). The minimum atomic E-state index is -1.18. The van der Waals surface area contributed by atoms with E-state index in [1.54, 1.807) is 16.7 Å². The summed E-state index contributed by atoms with van der Waals surface area (Å²) in [6.07, 6.45) is -1.22. The maximum Gasteiger partial charge on any atom is 0.414 e. The summed E-state index contributed by atoms with van der Waals surface area (Å²) >= 11 is 1.40. The Hall–Kier alpha value is -4.22. The predicted molar refractivity (Wildman–Crippen MR) is 164 cm³/mol. The van der Waals surface area contributed by atoms with Crippen molar-refractivity contribution < 1.29 is 39.1 Å². The zero-order valence-corrected chi connectivity index (χ0v) is 26.4. The third-order valence-corrected chi connectivity index (χ3v) is 10.5. The van der Waals surface area contributed by atoms with Gasteiger partial charge in [-0.05, 0) is 38.1 Å². The van der Waals surface area contributed by atoms with Crippen LogP contribution in [-0.4, -0.2) is 128 Å². The smallest absolute Gasteiger partial charge is 0.414 e. The number of carbonyl (C=O) groups is 4. The zero-order valence-electron chi connectivity index (χ0n) is 25.6. The van der Waals surface area contributed by atoms with E-state index in [0.717, 1.165) is 0 Å². The molecule has 0 aromatic heterocycles. The van der Waals surface area contributed by atoms with Gasteiger partial charge in [-0.1, -0.05) is 6.92 Å². The molecule has 3 fully saturated rings. The minimum Gasteiger partial charge on any atom is -0.477 e. The molecule has 0 unspecified atom stereocenters. The fourth-order valence-corrected chi connectivity index (χ4v) is 8.22. The molecule has 4 heterocycles. The van der Waals surface area contributed by atoms with E-state index in [2.05, 4.69) is 5.32 Å². The third kappa shape index (κ3) is 6.39. The Morgan fingerprint density at radius 1 is 1.17 bits per heavy atom. The van der Waals surface area contributed by atoms with Crippen LogP contribution in [0.2, 0.25) is 0 Å². The van der Waals surface area contributed by atoms with Crippen LogP contribution in [0.4, 0.5) is 10.5 Å². The van der Waals surface area contributed by atoms with E-state index in [0.29, 0.717) is 49.6 Å². The van der Waals surface area contributed by atoms with Gasteiger partial charge in [-0.25, -0.2) is 9.59 Å². The highest BCUT2D eigenvalue weighted by atomic mass is 32.2. The van der Waals surface area contributed by atoms with Crippen molar-refractivity contribution in [2.24, 2.45) is 11.8 Å². The largest absolute Gasteiger partial charge is 0.477 e. The molecular formula is C29H37N7O9S. The van der Waals surface area contributed by atoms with Crippen LogP contribution >= 0.6 is 11.8 Å². The maximum absolute atomic E-state index is 13.5. The number of likely N-dealkylation sites (N-methyl/N-ethyl adjacent to an activating group) is 1. The molecule has 4 N–H and O–H groups in total. The van der Waals surface area contributed by atoms with Gasteiger partial charge in [-0.2, -0.15) is 0 Å². The molecule has 0 saturated carbocycles. The number of nitrogens with one attached hydrogen (secondary N) is 2. The van der Waals surface area contributed by atoms with Crippen molar-refractivity contribution in [1.29, 1.82) is 5.41 Å². The number of aliphatic hydroxyl groups is 1. The number of carboxylic acid groups (broad SMARTS) is 1. The highest BCUT2D eigenvalue weighted by Crippen LogP contribution is 2.52. The lowest BCUT2D eigenvalue weighted by Crippen LogP contribution is -2.63. The van der Waals surface area contributed by atoms with Gasteiger partial charge in [0.25, 0.3) is 5.69 Å². The molecule has 1 aromatic rings. The van der Waals surface area contributed by atoms with Crippen molar-refractivity contribution >= 4 is 47.3 Å². The highest BCUT2D eigenvalue weighted by Gasteiger charge is 2.60. The summed E-state index contributed by atoms with van der Waals surface area (Å²) in [5, 5.41) is 41.4. The average molecular weight is 660 g/mol. The summed E-state index contributed by atoms with van der Waals surface area (Å²) < 4.78 is 5.12. The van der Waals surface area contributed by atoms with Gasteiger partial charge in [-0.3, -0.25) is 35.3 Å². The van der Waals surface area contributed by atoms with Crippen LogP contribution in [0.3, 0.4) is 0 Å². The highest BCUT2D eigenvalue weighted by molar-refractivity contribution is 8.03. The summed E-state index contributed by atoms with van der Waals surface area (Å²) in [5.41, 5.74) is 0.454. The molecule has 4 aliphatic heterocycles. The summed E-state index contributed by atoms with van der Waals surface area (Å²) in [6.45, 7) is 5.18. The van der Waals surface area contributed by atoms with Gasteiger partial charge in [0.1, 0.15) is 12.3 Å². The van der Waals surface area contributed by atoms with Crippen molar-refractivity contribution in [3.05, 3.63) is 50.5 Å². The Balaban J connectivity index is 1.10. The molecule has 16 nitrogen and oxygen atoms in total. The third-order valence-electron chi connectivity index (χ3n) is 9.04. The number of nitro groups is 1. The molecule has 3 amide bonds. The number of carbonyl (C=O) groups excluding carboxylic acids is 3. The van der Waals surface area contributed by atoms with Gasteiger partial charge in [0.15, 0.2) is 0 Å². The van der Waals surface area contributed by atoms with Gasteiger partial charge >= 0.3 is 12.1 Å². The van der Waals surface area contributed by atoms with Crippen LogP contribution in [0.15, 0.2) is 34.9 Å². The van der Waals surface area contributed by atoms with Crippen LogP contribution in [0.25, 0.3) is 0 Å². The van der Waals surface area contributed by atoms with Gasteiger partial charge in [0, 0.05) is 60.9 Å². The van der Waals surface area contributed by atoms with Crippen molar-refractivity contribution in [2.75, 3.05) is 39.8 Å². The van der Waals surface area contributed by atoms with E-state index in [1.807, 2.05) is 18.9 Å². The molecule has 1 aromatic carbocycles. The second kappa shape index (κ2) is 13.3. The first-order chi connectivity index (χ1) is 21.8. The van der Waals surface area contributed by atoms with E-state index in [1.165, 1.54) is 40.9 Å². The van der Waals surface area contributed by atoms with Crippen molar-refractivity contribution in [3.63, 3.8) is 0 Å². The Morgan fingerprint density at radius 3 is 2.39 bits per heavy atom. The Kier molecular flexibility index (Phi) is 9.55. The molecule has 6 atom stereocenters. The number of aliphatic hydroxyl groups excluding tert-OH is 1. The van der Waals surface area contributed by atoms with Crippen LogP contribution in [-0.2, 0) is 25.7 Å². The molecular weight excluding hydrogens is 622 g/mol. The second-order valence-corrected chi connectivity index (χ2v) is 13.3. The molecule has 0 aliphatic carbocycles. The number of carboxylic acids is 1. The van der Waals surface area contributed by atoms with Crippen LogP contribution < -0.4 is 5.32 Å². The lowest BCUT2D eigenvalue weighted by molar-refractivity contribution is -0.384. The number of hydrogen-bond donors (Lipinski definition) is 4. The number of nitrogens with zero attached hydrogens (tertiary/aromatic N) is 5. The lowest BCUT2D eigenvalue weighted by atomic mass is 9.79. The van der Waals surface area contributed by atoms with E-state index < -0.39 is 35.0 Å². The number of non-ortho nitro benzene ring substituents is 1. The number of fused-ring (bicyclic) bond motifs is 1. The molecule has 248 valence electrons. The molecule has 4 aliphatic rings. The molecule has 0 spiro atoms. The van der Waals surface area contributed by atoms with E-state index >= 15 is 0 Å². The molecule has 0 bridgehead atoms.